The van der Waals surface area contributed by atoms with Crippen molar-refractivity contribution in [2.45, 2.75) is 45.6 Å². The van der Waals surface area contributed by atoms with E-state index in [9.17, 15) is 14.7 Å². The second-order valence-corrected chi connectivity index (χ2v) is 4.82. The Morgan fingerprint density at radius 1 is 1.35 bits per heavy atom. The number of carbonyl (C=O) groups excluding carboxylic acids is 2. The number of ether oxygens (including phenoxy) is 1. The first-order valence-electron chi connectivity index (χ1n) is 6.14. The second-order valence-electron chi connectivity index (χ2n) is 4.82. The van der Waals surface area contributed by atoms with Crippen LogP contribution in [0.3, 0.4) is 0 Å². The van der Waals surface area contributed by atoms with E-state index in [1.807, 2.05) is 0 Å². The largest absolute Gasteiger partial charge is 0.444 e. The molecule has 1 amide bonds. The summed E-state index contributed by atoms with van der Waals surface area (Å²) in [5.41, 5.74) is 0. The van der Waals surface area contributed by atoms with Gasteiger partial charge in [-0.15, -0.1) is 0 Å². The quantitative estimate of drug-likeness (QED) is 0.553. The van der Waals surface area contributed by atoms with Crippen molar-refractivity contribution < 1.29 is 19.4 Å². The summed E-state index contributed by atoms with van der Waals surface area (Å²) in [5.74, 6) is -0.913. The Labute approximate surface area is 102 Å². The molecule has 1 atom stereocenters. The number of carbonyl (C=O) groups is 2. The fourth-order valence-corrected chi connectivity index (χ4v) is 1.87. The molecule has 0 aliphatic heterocycles. The van der Waals surface area contributed by atoms with E-state index < -0.39 is 12.0 Å². The SMILES string of the molecule is CC(C)[C@H](O)C(=O)NCOC(=O)C1CCCC1. The Balaban J connectivity index is 2.18. The third-order valence-corrected chi connectivity index (χ3v) is 3.05. The molecule has 2 N–H and O–H groups in total. The number of aliphatic hydroxyl groups is 1. The Kier molecular flexibility index (Phi) is 5.41. The number of hydrogen-bond donors (Lipinski definition) is 2. The molecule has 0 bridgehead atoms. The molecule has 1 rings (SSSR count). The molecule has 1 saturated carbocycles. The molecule has 5 heteroatoms. The molecule has 17 heavy (non-hydrogen) atoms. The van der Waals surface area contributed by atoms with Crippen molar-refractivity contribution in [1.82, 2.24) is 5.32 Å². The van der Waals surface area contributed by atoms with Crippen molar-refractivity contribution in [3.8, 4) is 0 Å². The Hall–Kier alpha value is -1.10. The van der Waals surface area contributed by atoms with Crippen LogP contribution in [0.1, 0.15) is 39.5 Å². The Morgan fingerprint density at radius 3 is 2.47 bits per heavy atom. The zero-order valence-corrected chi connectivity index (χ0v) is 10.4. The van der Waals surface area contributed by atoms with Crippen molar-refractivity contribution in [3.05, 3.63) is 0 Å². The molecule has 0 radical (unpaired) electrons. The number of aliphatic hydroxyl groups excluding tert-OH is 1. The van der Waals surface area contributed by atoms with Gasteiger partial charge in [0.1, 0.15) is 6.10 Å². The minimum Gasteiger partial charge on any atom is -0.444 e. The zero-order chi connectivity index (χ0) is 12.8. The molecular weight excluding hydrogens is 222 g/mol. The van der Waals surface area contributed by atoms with Gasteiger partial charge in [0.15, 0.2) is 6.73 Å². The second kappa shape index (κ2) is 6.59. The molecule has 0 saturated heterocycles. The molecule has 0 aromatic rings. The third kappa shape index (κ3) is 4.34. The topological polar surface area (TPSA) is 75.6 Å². The van der Waals surface area contributed by atoms with E-state index in [1.165, 1.54) is 0 Å². The number of esters is 1. The van der Waals surface area contributed by atoms with Gasteiger partial charge in [0.2, 0.25) is 0 Å². The highest BCUT2D eigenvalue weighted by Crippen LogP contribution is 2.25. The zero-order valence-electron chi connectivity index (χ0n) is 10.4. The van der Waals surface area contributed by atoms with Crippen LogP contribution in [0, 0.1) is 11.8 Å². The van der Waals surface area contributed by atoms with Crippen molar-refractivity contribution in [2.24, 2.45) is 11.8 Å². The van der Waals surface area contributed by atoms with Crippen LogP contribution in [0.15, 0.2) is 0 Å². The third-order valence-electron chi connectivity index (χ3n) is 3.05. The van der Waals surface area contributed by atoms with Gasteiger partial charge in [-0.1, -0.05) is 26.7 Å². The van der Waals surface area contributed by atoms with Crippen molar-refractivity contribution in [2.75, 3.05) is 6.73 Å². The van der Waals surface area contributed by atoms with Crippen LogP contribution in [0.25, 0.3) is 0 Å². The van der Waals surface area contributed by atoms with Gasteiger partial charge < -0.3 is 15.2 Å². The fourth-order valence-electron chi connectivity index (χ4n) is 1.87. The highest BCUT2D eigenvalue weighted by molar-refractivity contribution is 5.81. The maximum atomic E-state index is 11.5. The summed E-state index contributed by atoms with van der Waals surface area (Å²) in [5, 5.41) is 11.8. The van der Waals surface area contributed by atoms with E-state index in [0.29, 0.717) is 0 Å². The van der Waals surface area contributed by atoms with Gasteiger partial charge in [-0.05, 0) is 18.8 Å². The Bertz CT molecular complexity index is 258. The molecule has 1 aliphatic rings. The first-order chi connectivity index (χ1) is 8.02. The number of nitrogens with one attached hydrogen (secondary N) is 1. The van der Waals surface area contributed by atoms with E-state index in [1.54, 1.807) is 13.8 Å². The first kappa shape index (κ1) is 14.0. The average molecular weight is 243 g/mol. The van der Waals surface area contributed by atoms with Crippen LogP contribution in [0.5, 0.6) is 0 Å². The van der Waals surface area contributed by atoms with E-state index in [0.717, 1.165) is 25.7 Å². The van der Waals surface area contributed by atoms with Crippen LogP contribution in [0.4, 0.5) is 0 Å². The van der Waals surface area contributed by atoms with E-state index in [2.05, 4.69) is 5.32 Å². The normalized spacial score (nSPS) is 18.1. The van der Waals surface area contributed by atoms with Crippen LogP contribution >= 0.6 is 0 Å². The highest BCUT2D eigenvalue weighted by atomic mass is 16.5. The van der Waals surface area contributed by atoms with Gasteiger partial charge in [-0.25, -0.2) is 0 Å². The number of rotatable bonds is 5. The summed E-state index contributed by atoms with van der Waals surface area (Å²) in [6, 6.07) is 0. The lowest BCUT2D eigenvalue weighted by Crippen LogP contribution is -2.39. The van der Waals surface area contributed by atoms with Crippen molar-refractivity contribution in [1.29, 1.82) is 0 Å². The lowest BCUT2D eigenvalue weighted by Gasteiger charge is -2.15. The lowest BCUT2D eigenvalue weighted by atomic mass is 10.1. The molecule has 0 aromatic carbocycles. The Morgan fingerprint density at radius 2 is 1.94 bits per heavy atom. The van der Waals surface area contributed by atoms with Crippen LogP contribution < -0.4 is 5.32 Å². The first-order valence-corrected chi connectivity index (χ1v) is 6.14. The maximum Gasteiger partial charge on any atom is 0.310 e. The summed E-state index contributed by atoms with van der Waals surface area (Å²) in [6.07, 6.45) is 2.83. The summed E-state index contributed by atoms with van der Waals surface area (Å²) in [4.78, 5) is 22.8. The van der Waals surface area contributed by atoms with Gasteiger partial charge in [0, 0.05) is 0 Å². The summed E-state index contributed by atoms with van der Waals surface area (Å²) in [7, 11) is 0. The lowest BCUT2D eigenvalue weighted by molar-refractivity contribution is -0.150. The highest BCUT2D eigenvalue weighted by Gasteiger charge is 2.24. The number of hydrogen-bond acceptors (Lipinski definition) is 4. The van der Waals surface area contributed by atoms with E-state index >= 15 is 0 Å². The van der Waals surface area contributed by atoms with Crippen LogP contribution in [0.2, 0.25) is 0 Å². The molecule has 1 fully saturated rings. The minimum absolute atomic E-state index is 0.0121. The summed E-state index contributed by atoms with van der Waals surface area (Å²) < 4.78 is 4.94. The predicted molar refractivity (Wildman–Crippen MR) is 61.9 cm³/mol. The smallest absolute Gasteiger partial charge is 0.310 e. The maximum absolute atomic E-state index is 11.5. The van der Waals surface area contributed by atoms with Crippen LogP contribution in [-0.2, 0) is 14.3 Å². The van der Waals surface area contributed by atoms with Gasteiger partial charge in [0.05, 0.1) is 5.92 Å². The minimum atomic E-state index is -1.06. The molecular formula is C12H21NO4. The van der Waals surface area contributed by atoms with Gasteiger partial charge in [-0.3, -0.25) is 9.59 Å². The number of amides is 1. The van der Waals surface area contributed by atoms with Crippen molar-refractivity contribution >= 4 is 11.9 Å². The average Bonchev–Trinajstić information content (AvgIpc) is 2.80. The van der Waals surface area contributed by atoms with E-state index in [-0.39, 0.29) is 24.5 Å². The molecule has 0 spiro atoms. The molecule has 0 aromatic heterocycles. The van der Waals surface area contributed by atoms with Gasteiger partial charge in [-0.2, -0.15) is 0 Å². The van der Waals surface area contributed by atoms with Crippen molar-refractivity contribution in [3.63, 3.8) is 0 Å². The predicted octanol–water partition coefficient (Wildman–Crippen LogP) is 0.810. The van der Waals surface area contributed by atoms with Crippen LogP contribution in [-0.4, -0.2) is 29.8 Å². The van der Waals surface area contributed by atoms with E-state index in [4.69, 9.17) is 4.74 Å². The monoisotopic (exact) mass is 243 g/mol. The molecule has 0 unspecified atom stereocenters. The molecule has 5 nitrogen and oxygen atoms in total. The molecule has 1 aliphatic carbocycles. The summed E-state index contributed by atoms with van der Waals surface area (Å²) >= 11 is 0. The standard InChI is InChI=1S/C12H21NO4/c1-8(2)10(14)11(15)13-7-17-12(16)9-5-3-4-6-9/h8-10,14H,3-7H2,1-2H3,(H,13,15)/t10-/m0/s1. The van der Waals surface area contributed by atoms with Gasteiger partial charge >= 0.3 is 5.97 Å². The summed E-state index contributed by atoms with van der Waals surface area (Å²) in [6.45, 7) is 3.33. The molecule has 98 valence electrons. The van der Waals surface area contributed by atoms with Gasteiger partial charge in [0.25, 0.3) is 5.91 Å². The fraction of sp³-hybridized carbons (Fsp3) is 0.833. The molecule has 0 heterocycles.